The summed E-state index contributed by atoms with van der Waals surface area (Å²) in [7, 11) is 0. The van der Waals surface area contributed by atoms with Crippen LogP contribution < -0.4 is 5.73 Å². The van der Waals surface area contributed by atoms with E-state index in [0.717, 1.165) is 17.7 Å². The lowest BCUT2D eigenvalue weighted by molar-refractivity contribution is -0.144. The van der Waals surface area contributed by atoms with Crippen molar-refractivity contribution in [2.24, 2.45) is 5.92 Å². The number of alkyl halides is 3. The van der Waals surface area contributed by atoms with Gasteiger partial charge in [0.05, 0.1) is 0 Å². The van der Waals surface area contributed by atoms with Crippen LogP contribution in [0.5, 0.6) is 0 Å². The summed E-state index contributed by atoms with van der Waals surface area (Å²) in [5.74, 6) is -0.436. The monoisotopic (exact) mass is 300 g/mol. The molecule has 2 rings (SSSR count). The largest absolute Gasteiger partial charge is 0.406 e. The third-order valence-electron chi connectivity index (χ3n) is 3.90. The molecule has 0 heterocycles. The van der Waals surface area contributed by atoms with E-state index in [2.05, 4.69) is 0 Å². The molecule has 3 nitrogen and oxygen atoms in total. The van der Waals surface area contributed by atoms with Gasteiger partial charge >= 0.3 is 6.18 Å². The molecule has 0 radical (unpaired) electrons. The number of amides is 1. The van der Waals surface area contributed by atoms with Gasteiger partial charge in [-0.15, -0.1) is 0 Å². The fourth-order valence-electron chi connectivity index (χ4n) is 2.45. The molecule has 116 valence electrons. The number of carbonyl (C=O) groups excluding carboxylic acids is 1. The van der Waals surface area contributed by atoms with Gasteiger partial charge in [-0.3, -0.25) is 4.79 Å². The number of hydrogen-bond acceptors (Lipinski definition) is 2. The fraction of sp³-hybridized carbons (Fsp3) is 0.533. The van der Waals surface area contributed by atoms with E-state index in [0.29, 0.717) is 11.3 Å². The number of carbonyl (C=O) groups is 1. The molecule has 6 heteroatoms. The van der Waals surface area contributed by atoms with E-state index in [-0.39, 0.29) is 11.5 Å². The minimum atomic E-state index is -4.41. The second-order valence-electron chi connectivity index (χ2n) is 5.70. The normalized spacial score (nSPS) is 16.6. The van der Waals surface area contributed by atoms with Gasteiger partial charge in [-0.1, -0.05) is 6.07 Å². The van der Waals surface area contributed by atoms with E-state index in [1.165, 1.54) is 6.07 Å². The summed E-state index contributed by atoms with van der Waals surface area (Å²) >= 11 is 0. The smallest absolute Gasteiger partial charge is 0.399 e. The van der Waals surface area contributed by atoms with Crippen molar-refractivity contribution in [2.45, 2.75) is 38.9 Å². The number of hydrogen-bond donors (Lipinski definition) is 1. The van der Waals surface area contributed by atoms with Crippen molar-refractivity contribution in [3.8, 4) is 0 Å². The number of benzene rings is 1. The van der Waals surface area contributed by atoms with Gasteiger partial charge in [0.1, 0.15) is 6.54 Å². The number of halogens is 3. The summed E-state index contributed by atoms with van der Waals surface area (Å²) in [6.45, 7) is 2.15. The summed E-state index contributed by atoms with van der Waals surface area (Å²) in [5, 5.41) is 0. The first-order valence-electron chi connectivity index (χ1n) is 6.93. The van der Waals surface area contributed by atoms with Crippen LogP contribution in [-0.4, -0.2) is 29.6 Å². The number of nitrogen functional groups attached to an aromatic ring is 1. The zero-order valence-electron chi connectivity index (χ0n) is 12.1. The van der Waals surface area contributed by atoms with Crippen LogP contribution in [0.15, 0.2) is 18.2 Å². The second-order valence-corrected chi connectivity index (χ2v) is 5.70. The van der Waals surface area contributed by atoms with Crippen molar-refractivity contribution in [1.82, 2.24) is 4.90 Å². The van der Waals surface area contributed by atoms with Crippen molar-refractivity contribution >= 4 is 11.6 Å². The Labute approximate surface area is 121 Å². The van der Waals surface area contributed by atoms with E-state index in [1.54, 1.807) is 26.0 Å². The molecule has 1 aliphatic carbocycles. The zero-order chi connectivity index (χ0) is 15.8. The van der Waals surface area contributed by atoms with Crippen molar-refractivity contribution in [3.05, 3.63) is 29.3 Å². The van der Waals surface area contributed by atoms with Gasteiger partial charge in [-0.2, -0.15) is 13.2 Å². The number of anilines is 1. The van der Waals surface area contributed by atoms with E-state index < -0.39 is 24.7 Å². The van der Waals surface area contributed by atoms with Gasteiger partial charge < -0.3 is 10.6 Å². The highest BCUT2D eigenvalue weighted by atomic mass is 19.4. The Morgan fingerprint density at radius 2 is 2.05 bits per heavy atom. The maximum absolute atomic E-state index is 12.8. The van der Waals surface area contributed by atoms with E-state index in [9.17, 15) is 18.0 Å². The molecule has 1 saturated carbocycles. The van der Waals surface area contributed by atoms with Crippen molar-refractivity contribution in [2.75, 3.05) is 12.3 Å². The van der Waals surface area contributed by atoms with Gasteiger partial charge in [-0.25, -0.2) is 0 Å². The molecule has 0 spiro atoms. The third-order valence-corrected chi connectivity index (χ3v) is 3.90. The Bertz CT molecular complexity index is 538. The first-order chi connectivity index (χ1) is 9.69. The number of aryl methyl sites for hydroxylation is 1. The van der Waals surface area contributed by atoms with Crippen molar-refractivity contribution < 1.29 is 18.0 Å². The molecule has 1 aromatic carbocycles. The second kappa shape index (κ2) is 5.58. The summed E-state index contributed by atoms with van der Waals surface area (Å²) in [6.07, 6.45) is -2.66. The summed E-state index contributed by atoms with van der Waals surface area (Å²) < 4.78 is 38.4. The van der Waals surface area contributed by atoms with Crippen LogP contribution >= 0.6 is 0 Å². The standard InChI is InChI=1S/C15H19F3N2O/c1-9-3-6-12(19)7-13(9)14(21)20(8-15(16,17)18)10(2)11-4-5-11/h3,6-7,10-11H,4-5,8,19H2,1-2H3. The lowest BCUT2D eigenvalue weighted by Crippen LogP contribution is -2.45. The highest BCUT2D eigenvalue weighted by Crippen LogP contribution is 2.37. The first kappa shape index (κ1) is 15.7. The molecule has 1 aromatic rings. The number of nitrogens with two attached hydrogens (primary N) is 1. The topological polar surface area (TPSA) is 46.3 Å². The molecule has 1 unspecified atom stereocenters. The van der Waals surface area contributed by atoms with Crippen LogP contribution in [0.2, 0.25) is 0 Å². The molecule has 21 heavy (non-hydrogen) atoms. The molecule has 1 fully saturated rings. The molecule has 1 aliphatic rings. The van der Waals surface area contributed by atoms with Crippen LogP contribution in [-0.2, 0) is 0 Å². The Balaban J connectivity index is 2.30. The quantitative estimate of drug-likeness (QED) is 0.866. The third kappa shape index (κ3) is 3.89. The molecule has 0 bridgehead atoms. The number of nitrogens with zero attached hydrogens (tertiary/aromatic N) is 1. The lowest BCUT2D eigenvalue weighted by atomic mass is 10.0. The Morgan fingerprint density at radius 1 is 1.43 bits per heavy atom. The average Bonchev–Trinajstić information content (AvgIpc) is 3.20. The predicted molar refractivity (Wildman–Crippen MR) is 74.9 cm³/mol. The zero-order valence-corrected chi connectivity index (χ0v) is 12.1. The van der Waals surface area contributed by atoms with E-state index in [4.69, 9.17) is 5.73 Å². The Morgan fingerprint density at radius 3 is 2.57 bits per heavy atom. The van der Waals surface area contributed by atoms with Gasteiger partial charge in [0, 0.05) is 17.3 Å². The van der Waals surface area contributed by atoms with Gasteiger partial charge in [0.25, 0.3) is 5.91 Å². The van der Waals surface area contributed by atoms with Crippen LogP contribution in [0.1, 0.15) is 35.7 Å². The van der Waals surface area contributed by atoms with Crippen molar-refractivity contribution in [3.63, 3.8) is 0 Å². The van der Waals surface area contributed by atoms with E-state index >= 15 is 0 Å². The maximum Gasteiger partial charge on any atom is 0.406 e. The fourth-order valence-corrected chi connectivity index (χ4v) is 2.45. The minimum Gasteiger partial charge on any atom is -0.399 e. The highest BCUT2D eigenvalue weighted by Gasteiger charge is 2.40. The summed E-state index contributed by atoms with van der Waals surface area (Å²) in [4.78, 5) is 13.5. The number of rotatable bonds is 4. The Kier molecular flexibility index (Phi) is 4.16. The predicted octanol–water partition coefficient (Wildman–Crippen LogP) is 3.38. The molecular weight excluding hydrogens is 281 g/mol. The molecule has 0 aliphatic heterocycles. The molecule has 1 atom stereocenters. The molecule has 1 amide bonds. The van der Waals surface area contributed by atoms with E-state index in [1.807, 2.05) is 0 Å². The maximum atomic E-state index is 12.8. The summed E-state index contributed by atoms with van der Waals surface area (Å²) in [6, 6.07) is 4.31. The van der Waals surface area contributed by atoms with Gasteiger partial charge in [-0.05, 0) is 50.3 Å². The molecule has 0 saturated heterocycles. The van der Waals surface area contributed by atoms with Gasteiger partial charge in [0.15, 0.2) is 0 Å². The molecule has 2 N–H and O–H groups in total. The minimum absolute atomic E-state index is 0.165. The summed E-state index contributed by atoms with van der Waals surface area (Å²) in [5.41, 5.74) is 6.89. The van der Waals surface area contributed by atoms with Crippen LogP contribution in [0.4, 0.5) is 18.9 Å². The van der Waals surface area contributed by atoms with Gasteiger partial charge in [0.2, 0.25) is 0 Å². The lowest BCUT2D eigenvalue weighted by Gasteiger charge is -2.30. The molecular formula is C15H19F3N2O. The SMILES string of the molecule is Cc1ccc(N)cc1C(=O)N(CC(F)(F)F)C(C)C1CC1. The average molecular weight is 300 g/mol. The first-order valence-corrected chi connectivity index (χ1v) is 6.93. The van der Waals surface area contributed by atoms with Crippen LogP contribution in [0, 0.1) is 12.8 Å². The van der Waals surface area contributed by atoms with Crippen molar-refractivity contribution in [1.29, 1.82) is 0 Å². The molecule has 0 aromatic heterocycles. The van der Waals surface area contributed by atoms with Crippen LogP contribution in [0.25, 0.3) is 0 Å². The Hall–Kier alpha value is -1.72. The highest BCUT2D eigenvalue weighted by molar-refractivity contribution is 5.96. The van der Waals surface area contributed by atoms with Crippen LogP contribution in [0.3, 0.4) is 0 Å².